The van der Waals surface area contributed by atoms with Gasteiger partial charge < -0.3 is 29.0 Å². The number of amides is 1. The van der Waals surface area contributed by atoms with Crippen LogP contribution in [0.25, 0.3) is 0 Å². The van der Waals surface area contributed by atoms with Crippen molar-refractivity contribution in [2.45, 2.75) is 78.1 Å². The highest BCUT2D eigenvalue weighted by Gasteiger charge is 2.52. The number of esters is 4. The van der Waals surface area contributed by atoms with Gasteiger partial charge in [0.1, 0.15) is 18.8 Å². The molecule has 1 rings (SSSR count). The Bertz CT molecular complexity index is 634. The van der Waals surface area contributed by atoms with Gasteiger partial charge in [-0.3, -0.25) is 24.0 Å². The highest BCUT2D eigenvalue weighted by molar-refractivity contribution is 5.76. The lowest BCUT2D eigenvalue weighted by molar-refractivity contribution is -0.271. The van der Waals surface area contributed by atoms with Gasteiger partial charge in [0.15, 0.2) is 12.2 Å². The second-order valence-corrected chi connectivity index (χ2v) is 6.45. The minimum absolute atomic E-state index is 0.158. The number of rotatable bonds is 8. The van der Waals surface area contributed by atoms with Gasteiger partial charge >= 0.3 is 23.9 Å². The van der Waals surface area contributed by atoms with Crippen LogP contribution in [-0.4, -0.2) is 67.0 Å². The summed E-state index contributed by atoms with van der Waals surface area (Å²) in [4.78, 5) is 58.2. The molecule has 0 unspecified atom stereocenters. The van der Waals surface area contributed by atoms with E-state index in [1.807, 2.05) is 0 Å². The van der Waals surface area contributed by atoms with E-state index in [4.69, 9.17) is 23.7 Å². The van der Waals surface area contributed by atoms with Crippen LogP contribution in [0.5, 0.6) is 0 Å². The minimum Gasteiger partial charge on any atom is -0.463 e. The van der Waals surface area contributed by atoms with E-state index in [2.05, 4.69) is 5.32 Å². The Labute approximate surface area is 168 Å². The van der Waals surface area contributed by atoms with Crippen molar-refractivity contribution in [3.8, 4) is 0 Å². The van der Waals surface area contributed by atoms with E-state index in [1.165, 1.54) is 6.92 Å². The fourth-order valence-corrected chi connectivity index (χ4v) is 2.81. The summed E-state index contributed by atoms with van der Waals surface area (Å²) in [5.74, 6) is -3.19. The number of carbonyl (C=O) groups excluding carboxylic acids is 5. The van der Waals surface area contributed by atoms with Gasteiger partial charge in [0, 0.05) is 34.1 Å². The summed E-state index contributed by atoms with van der Waals surface area (Å²) in [5, 5.41) is 2.60. The smallest absolute Gasteiger partial charge is 0.305 e. The third-order valence-electron chi connectivity index (χ3n) is 3.79. The van der Waals surface area contributed by atoms with E-state index < -0.39 is 60.4 Å². The van der Waals surface area contributed by atoms with Gasteiger partial charge in [-0.2, -0.15) is 0 Å². The monoisotopic (exact) mass is 417 g/mol. The molecule has 0 aromatic carbocycles. The van der Waals surface area contributed by atoms with Gasteiger partial charge in [-0.25, -0.2) is 0 Å². The molecule has 0 saturated carbocycles. The number of carbonyl (C=O) groups is 5. The Balaban J connectivity index is 3.31. The molecule has 0 aromatic rings. The average molecular weight is 417 g/mol. The average Bonchev–Trinajstić information content (AvgIpc) is 2.57. The standard InChI is InChI=1S/C18H27NO10/c1-6-7-14(24)19-15-17(27-11(4)22)16(26-10(3)21)13(8-25-9(2)20)29-18(15)28-12(5)23/h13,15-18H,6-8H2,1-5H3,(H,19,24)/t13-,15+,16-,17-,18+/m1/s1. The predicted octanol–water partition coefficient (Wildman–Crippen LogP) is -0.0142. The van der Waals surface area contributed by atoms with E-state index in [1.54, 1.807) is 6.92 Å². The molecule has 5 atom stereocenters. The quantitative estimate of drug-likeness (QED) is 0.423. The molecule has 1 heterocycles. The van der Waals surface area contributed by atoms with Crippen LogP contribution in [-0.2, 0) is 47.7 Å². The van der Waals surface area contributed by atoms with Crippen LogP contribution in [0.3, 0.4) is 0 Å². The van der Waals surface area contributed by atoms with Crippen molar-refractivity contribution in [2.24, 2.45) is 0 Å². The molecule has 1 amide bonds. The van der Waals surface area contributed by atoms with E-state index in [0.717, 1.165) is 20.8 Å². The van der Waals surface area contributed by atoms with Crippen LogP contribution in [0.4, 0.5) is 0 Å². The Kier molecular flexibility index (Phi) is 9.53. The predicted molar refractivity (Wildman–Crippen MR) is 95.0 cm³/mol. The molecule has 0 radical (unpaired) electrons. The van der Waals surface area contributed by atoms with Crippen LogP contribution in [0.15, 0.2) is 0 Å². The minimum atomic E-state index is -1.37. The van der Waals surface area contributed by atoms with Crippen LogP contribution in [0.2, 0.25) is 0 Å². The zero-order valence-corrected chi connectivity index (χ0v) is 17.1. The number of nitrogens with one attached hydrogen (secondary N) is 1. The molecule has 0 spiro atoms. The first-order valence-corrected chi connectivity index (χ1v) is 9.15. The van der Waals surface area contributed by atoms with Gasteiger partial charge in [0.05, 0.1) is 0 Å². The normalized spacial score (nSPS) is 26.0. The highest BCUT2D eigenvalue weighted by atomic mass is 16.7. The third-order valence-corrected chi connectivity index (χ3v) is 3.79. The second-order valence-electron chi connectivity index (χ2n) is 6.45. The molecular weight excluding hydrogens is 390 g/mol. The zero-order chi connectivity index (χ0) is 22.1. The van der Waals surface area contributed by atoms with Crippen molar-refractivity contribution in [1.82, 2.24) is 5.32 Å². The largest absolute Gasteiger partial charge is 0.463 e. The molecule has 1 aliphatic heterocycles. The van der Waals surface area contributed by atoms with E-state index >= 15 is 0 Å². The molecule has 1 fully saturated rings. The molecule has 1 aliphatic rings. The first kappa shape index (κ1) is 24.3. The molecule has 1 N–H and O–H groups in total. The summed E-state index contributed by atoms with van der Waals surface area (Å²) < 4.78 is 26.3. The number of ether oxygens (including phenoxy) is 5. The maximum atomic E-state index is 12.2. The Morgan fingerprint density at radius 1 is 0.828 bits per heavy atom. The third kappa shape index (κ3) is 8.06. The summed E-state index contributed by atoms with van der Waals surface area (Å²) in [6.45, 7) is 6.00. The Morgan fingerprint density at radius 3 is 1.86 bits per heavy atom. The van der Waals surface area contributed by atoms with Crippen molar-refractivity contribution in [1.29, 1.82) is 0 Å². The molecular formula is C18H27NO10. The van der Waals surface area contributed by atoms with Crippen molar-refractivity contribution < 1.29 is 47.7 Å². The highest BCUT2D eigenvalue weighted by Crippen LogP contribution is 2.28. The van der Waals surface area contributed by atoms with Gasteiger partial charge in [0.2, 0.25) is 12.2 Å². The fourth-order valence-electron chi connectivity index (χ4n) is 2.81. The van der Waals surface area contributed by atoms with Crippen LogP contribution in [0.1, 0.15) is 47.5 Å². The topological polar surface area (TPSA) is 144 Å². The lowest BCUT2D eigenvalue weighted by Gasteiger charge is -2.44. The van der Waals surface area contributed by atoms with Crippen LogP contribution >= 0.6 is 0 Å². The van der Waals surface area contributed by atoms with Crippen molar-refractivity contribution >= 4 is 29.8 Å². The van der Waals surface area contributed by atoms with Crippen molar-refractivity contribution in [2.75, 3.05) is 6.61 Å². The zero-order valence-electron chi connectivity index (χ0n) is 17.1. The van der Waals surface area contributed by atoms with Crippen molar-refractivity contribution in [3.05, 3.63) is 0 Å². The Hall–Kier alpha value is -2.69. The van der Waals surface area contributed by atoms with Gasteiger partial charge in [-0.1, -0.05) is 6.92 Å². The molecule has 11 heteroatoms. The van der Waals surface area contributed by atoms with Gasteiger partial charge in [-0.05, 0) is 6.42 Å². The Morgan fingerprint density at radius 2 is 1.38 bits per heavy atom. The second kappa shape index (κ2) is 11.3. The summed E-state index contributed by atoms with van der Waals surface area (Å²) in [6, 6.07) is -1.15. The molecule has 0 aromatic heterocycles. The van der Waals surface area contributed by atoms with E-state index in [-0.39, 0.29) is 13.0 Å². The summed E-state index contributed by atoms with van der Waals surface area (Å²) in [5.41, 5.74) is 0. The first-order chi connectivity index (χ1) is 13.5. The number of hydrogen-bond donors (Lipinski definition) is 1. The lowest BCUT2D eigenvalue weighted by Crippen LogP contribution is -2.67. The molecule has 11 nitrogen and oxygen atoms in total. The molecule has 1 saturated heterocycles. The molecule has 0 aliphatic carbocycles. The van der Waals surface area contributed by atoms with Crippen LogP contribution < -0.4 is 5.32 Å². The first-order valence-electron chi connectivity index (χ1n) is 9.15. The molecule has 0 bridgehead atoms. The maximum Gasteiger partial charge on any atom is 0.305 e. The molecule has 164 valence electrons. The van der Waals surface area contributed by atoms with Gasteiger partial charge in [-0.15, -0.1) is 0 Å². The SMILES string of the molecule is CCCC(=O)N[C@@H]1[C@@H](OC(C)=O)O[C@H](COC(C)=O)[C@@H](OC(C)=O)[C@@H]1OC(C)=O. The lowest BCUT2D eigenvalue weighted by atomic mass is 9.96. The van der Waals surface area contributed by atoms with E-state index in [0.29, 0.717) is 6.42 Å². The van der Waals surface area contributed by atoms with Crippen molar-refractivity contribution in [3.63, 3.8) is 0 Å². The van der Waals surface area contributed by atoms with Crippen LogP contribution in [0, 0.1) is 0 Å². The summed E-state index contributed by atoms with van der Waals surface area (Å²) in [7, 11) is 0. The maximum absolute atomic E-state index is 12.2. The van der Waals surface area contributed by atoms with Gasteiger partial charge in [0.25, 0.3) is 0 Å². The van der Waals surface area contributed by atoms with E-state index in [9.17, 15) is 24.0 Å². The number of hydrogen-bond acceptors (Lipinski definition) is 10. The summed E-state index contributed by atoms with van der Waals surface area (Å²) in [6.07, 6.45) is -4.27. The molecule has 29 heavy (non-hydrogen) atoms. The fraction of sp³-hybridized carbons (Fsp3) is 0.722. The summed E-state index contributed by atoms with van der Waals surface area (Å²) >= 11 is 0.